The van der Waals surface area contributed by atoms with Crippen LogP contribution >= 0.6 is 0 Å². The number of aliphatic hydroxyl groups excluding tert-OH is 1. The quantitative estimate of drug-likeness (QED) is 0.398. The summed E-state index contributed by atoms with van der Waals surface area (Å²) in [4.78, 5) is 34.1. The minimum Gasteiger partial charge on any atom is -0.478 e. The van der Waals surface area contributed by atoms with Crippen molar-refractivity contribution in [1.29, 1.82) is 0 Å². The number of aromatic carboxylic acids is 2. The maximum atomic E-state index is 11.4. The highest BCUT2D eigenvalue weighted by molar-refractivity contribution is 5.98. The van der Waals surface area contributed by atoms with E-state index >= 15 is 0 Å². The maximum Gasteiger partial charge on any atom is 0.339 e. The van der Waals surface area contributed by atoms with E-state index in [1.54, 1.807) is 6.92 Å². The van der Waals surface area contributed by atoms with Gasteiger partial charge in [-0.3, -0.25) is 0 Å². The Hall–Kier alpha value is -2.67. The molecule has 0 saturated carbocycles. The normalized spacial score (nSPS) is 11.5. The number of aliphatic hydroxyl groups is 1. The van der Waals surface area contributed by atoms with E-state index in [1.165, 1.54) is 0 Å². The molecule has 0 fully saturated rings. The zero-order chi connectivity index (χ0) is 16.9. The number of carbonyl (C=O) groups excluding carboxylic acids is 1. The van der Waals surface area contributed by atoms with Gasteiger partial charge < -0.3 is 20.1 Å². The first kappa shape index (κ1) is 17.4. The molecular formula is C15H16O7. The van der Waals surface area contributed by atoms with Crippen LogP contribution in [0.2, 0.25) is 0 Å². The first-order valence-corrected chi connectivity index (χ1v) is 6.45. The Morgan fingerprint density at radius 1 is 1.23 bits per heavy atom. The van der Waals surface area contributed by atoms with Crippen molar-refractivity contribution in [3.05, 3.63) is 41.5 Å². The fourth-order valence-electron chi connectivity index (χ4n) is 2.04. The molecule has 1 aromatic carbocycles. The molecule has 22 heavy (non-hydrogen) atoms. The van der Waals surface area contributed by atoms with Gasteiger partial charge in [0.2, 0.25) is 0 Å². The Kier molecular flexibility index (Phi) is 5.82. The molecule has 7 nitrogen and oxygen atoms in total. The first-order chi connectivity index (χ1) is 10.4. The van der Waals surface area contributed by atoms with E-state index in [2.05, 4.69) is 6.58 Å². The molecule has 0 aromatic heterocycles. The molecule has 0 aliphatic carbocycles. The second-order valence-corrected chi connectivity index (χ2v) is 4.43. The fourth-order valence-corrected chi connectivity index (χ4v) is 2.04. The van der Waals surface area contributed by atoms with Crippen molar-refractivity contribution in [2.24, 2.45) is 0 Å². The zero-order valence-corrected chi connectivity index (χ0v) is 11.9. The summed E-state index contributed by atoms with van der Waals surface area (Å²) >= 11 is 0. The maximum absolute atomic E-state index is 11.4. The van der Waals surface area contributed by atoms with Crippen molar-refractivity contribution in [1.82, 2.24) is 0 Å². The van der Waals surface area contributed by atoms with Gasteiger partial charge in [-0.15, -0.1) is 0 Å². The lowest BCUT2D eigenvalue weighted by Gasteiger charge is -2.20. The van der Waals surface area contributed by atoms with Gasteiger partial charge in [-0.25, -0.2) is 14.4 Å². The van der Waals surface area contributed by atoms with Crippen molar-refractivity contribution in [2.75, 3.05) is 6.61 Å². The lowest BCUT2D eigenvalue weighted by molar-refractivity contribution is -0.129. The van der Waals surface area contributed by atoms with E-state index in [-0.39, 0.29) is 22.4 Å². The molecular weight excluding hydrogens is 292 g/mol. The number of esters is 1. The highest BCUT2D eigenvalue weighted by Crippen LogP contribution is 2.35. The van der Waals surface area contributed by atoms with E-state index < -0.39 is 30.4 Å². The van der Waals surface area contributed by atoms with Gasteiger partial charge in [0.25, 0.3) is 0 Å². The standard InChI is InChI=1S/C15H16O7/c1-3-8(7-16)12-9(14(18)19)5-6-10(15(20)21)13(12)22-11(17)4-2/h4-6,8,16H,2-3,7H2,1H3,(H,18,19)(H,20,21). The van der Waals surface area contributed by atoms with Crippen LogP contribution in [0.5, 0.6) is 5.75 Å². The molecule has 1 rings (SSSR count). The molecule has 1 aromatic rings. The smallest absolute Gasteiger partial charge is 0.339 e. The van der Waals surface area contributed by atoms with Crippen LogP contribution in [-0.2, 0) is 4.79 Å². The third kappa shape index (κ3) is 3.50. The topological polar surface area (TPSA) is 121 Å². The van der Waals surface area contributed by atoms with Gasteiger partial charge in [0, 0.05) is 17.6 Å². The SMILES string of the molecule is C=CC(=O)Oc1c(C(=O)O)ccc(C(=O)O)c1C(CC)CO. The molecule has 0 heterocycles. The average Bonchev–Trinajstić information content (AvgIpc) is 2.48. The second-order valence-electron chi connectivity index (χ2n) is 4.43. The predicted octanol–water partition coefficient (Wildman–Crippen LogP) is 1.66. The molecule has 3 N–H and O–H groups in total. The Balaban J connectivity index is 3.71. The molecule has 0 amide bonds. The number of carboxylic acid groups (broad SMARTS) is 2. The Morgan fingerprint density at radius 2 is 1.77 bits per heavy atom. The Bertz CT molecular complexity index is 615. The van der Waals surface area contributed by atoms with Crippen LogP contribution in [-0.4, -0.2) is 39.8 Å². The summed E-state index contributed by atoms with van der Waals surface area (Å²) in [6.45, 7) is 4.49. The number of carboxylic acids is 2. The van der Waals surface area contributed by atoms with Crippen LogP contribution in [0.15, 0.2) is 24.8 Å². The van der Waals surface area contributed by atoms with E-state index in [0.717, 1.165) is 18.2 Å². The van der Waals surface area contributed by atoms with E-state index in [1.807, 2.05) is 0 Å². The molecule has 0 aliphatic rings. The van der Waals surface area contributed by atoms with Gasteiger partial charge >= 0.3 is 17.9 Å². The largest absolute Gasteiger partial charge is 0.478 e. The van der Waals surface area contributed by atoms with Crippen molar-refractivity contribution in [3.63, 3.8) is 0 Å². The summed E-state index contributed by atoms with van der Waals surface area (Å²) in [6.07, 6.45) is 1.17. The van der Waals surface area contributed by atoms with Crippen molar-refractivity contribution >= 4 is 17.9 Å². The van der Waals surface area contributed by atoms with Crippen LogP contribution in [0.4, 0.5) is 0 Å². The number of hydrogen-bond donors (Lipinski definition) is 3. The highest BCUT2D eigenvalue weighted by Gasteiger charge is 2.28. The Labute approximate surface area is 126 Å². The van der Waals surface area contributed by atoms with Gasteiger partial charge in [-0.05, 0) is 18.6 Å². The Morgan fingerprint density at radius 3 is 2.18 bits per heavy atom. The minimum atomic E-state index is -1.38. The molecule has 1 atom stereocenters. The fraction of sp³-hybridized carbons (Fsp3) is 0.267. The number of rotatable bonds is 7. The molecule has 0 aliphatic heterocycles. The minimum absolute atomic E-state index is 0.0207. The number of carbonyl (C=O) groups is 3. The van der Waals surface area contributed by atoms with Gasteiger partial charge in [0.05, 0.1) is 12.2 Å². The van der Waals surface area contributed by atoms with Crippen LogP contribution < -0.4 is 4.74 Å². The van der Waals surface area contributed by atoms with E-state index in [0.29, 0.717) is 6.42 Å². The molecule has 7 heteroatoms. The van der Waals surface area contributed by atoms with Crippen molar-refractivity contribution in [3.8, 4) is 5.75 Å². The van der Waals surface area contributed by atoms with Crippen LogP contribution in [0.3, 0.4) is 0 Å². The van der Waals surface area contributed by atoms with Crippen LogP contribution in [0.1, 0.15) is 45.5 Å². The van der Waals surface area contributed by atoms with Crippen molar-refractivity contribution in [2.45, 2.75) is 19.3 Å². The van der Waals surface area contributed by atoms with Gasteiger partial charge in [-0.2, -0.15) is 0 Å². The van der Waals surface area contributed by atoms with Gasteiger partial charge in [0.15, 0.2) is 0 Å². The zero-order valence-electron chi connectivity index (χ0n) is 11.9. The summed E-state index contributed by atoms with van der Waals surface area (Å²) in [5, 5.41) is 27.9. The molecule has 0 saturated heterocycles. The summed E-state index contributed by atoms with van der Waals surface area (Å²) < 4.78 is 4.95. The lowest BCUT2D eigenvalue weighted by Crippen LogP contribution is -2.17. The molecule has 0 spiro atoms. The average molecular weight is 308 g/mol. The van der Waals surface area contributed by atoms with Gasteiger partial charge in [0.1, 0.15) is 11.3 Å². The van der Waals surface area contributed by atoms with Crippen molar-refractivity contribution < 1.29 is 34.4 Å². The second kappa shape index (κ2) is 7.37. The highest BCUT2D eigenvalue weighted by atomic mass is 16.5. The predicted molar refractivity (Wildman–Crippen MR) is 76.3 cm³/mol. The summed E-state index contributed by atoms with van der Waals surface area (Å²) in [6, 6.07) is 2.16. The number of ether oxygens (including phenoxy) is 1. The molecule has 0 bridgehead atoms. The van der Waals surface area contributed by atoms with E-state index in [4.69, 9.17) is 4.74 Å². The molecule has 1 unspecified atom stereocenters. The molecule has 0 radical (unpaired) electrons. The summed E-state index contributed by atoms with van der Waals surface area (Å²) in [5.41, 5.74) is -0.604. The monoisotopic (exact) mass is 308 g/mol. The number of hydrogen-bond acceptors (Lipinski definition) is 5. The first-order valence-electron chi connectivity index (χ1n) is 6.45. The van der Waals surface area contributed by atoms with Crippen LogP contribution in [0.25, 0.3) is 0 Å². The third-order valence-electron chi connectivity index (χ3n) is 3.15. The third-order valence-corrected chi connectivity index (χ3v) is 3.15. The number of benzene rings is 1. The van der Waals surface area contributed by atoms with E-state index in [9.17, 15) is 29.7 Å². The lowest BCUT2D eigenvalue weighted by atomic mass is 9.89. The van der Waals surface area contributed by atoms with Gasteiger partial charge in [-0.1, -0.05) is 13.5 Å². The van der Waals surface area contributed by atoms with Crippen LogP contribution in [0, 0.1) is 0 Å². The summed E-state index contributed by atoms with van der Waals surface area (Å²) in [5.74, 6) is -4.66. The summed E-state index contributed by atoms with van der Waals surface area (Å²) in [7, 11) is 0. The molecule has 118 valence electrons.